The van der Waals surface area contributed by atoms with Crippen LogP contribution in [-0.2, 0) is 4.74 Å². The maximum Gasteiger partial charge on any atom is 0.0641 e. The van der Waals surface area contributed by atoms with Gasteiger partial charge in [-0.15, -0.1) is 0 Å². The molecule has 0 radical (unpaired) electrons. The van der Waals surface area contributed by atoms with E-state index < -0.39 is 0 Å². The lowest BCUT2D eigenvalue weighted by atomic mass is 10.2. The van der Waals surface area contributed by atoms with Gasteiger partial charge >= 0.3 is 0 Å². The molecule has 3 nitrogen and oxygen atoms in total. The van der Waals surface area contributed by atoms with E-state index in [1.807, 2.05) is 25.1 Å². The first-order chi connectivity index (χ1) is 7.27. The third kappa shape index (κ3) is 3.80. The molecule has 0 saturated carbocycles. The number of nitrogen functional groups attached to an aromatic ring is 1. The fourth-order valence-corrected chi connectivity index (χ4v) is 1.51. The van der Waals surface area contributed by atoms with Crippen LogP contribution >= 0.6 is 0 Å². The maximum atomic E-state index is 5.75. The normalized spacial score (nSPS) is 10.3. The maximum absolute atomic E-state index is 5.75. The van der Waals surface area contributed by atoms with Crippen molar-refractivity contribution in [1.29, 1.82) is 0 Å². The highest BCUT2D eigenvalue weighted by Gasteiger charge is 2.03. The quantitative estimate of drug-likeness (QED) is 0.575. The predicted octanol–water partition coefficient (Wildman–Crippen LogP) is 2.13. The summed E-state index contributed by atoms with van der Waals surface area (Å²) >= 11 is 0. The topological polar surface area (TPSA) is 38.5 Å². The average molecular weight is 208 g/mol. The largest absolute Gasteiger partial charge is 0.399 e. The Morgan fingerprint density at radius 3 is 2.73 bits per heavy atom. The van der Waals surface area contributed by atoms with Gasteiger partial charge in [0.1, 0.15) is 0 Å². The molecule has 3 heteroatoms. The number of ether oxygens (including phenoxy) is 1. The zero-order chi connectivity index (χ0) is 11.1. The lowest BCUT2D eigenvalue weighted by Gasteiger charge is -2.23. The SMILES string of the molecule is CCOCCN(CC)c1cccc(N)c1. The van der Waals surface area contributed by atoms with Crippen LogP contribution in [0.15, 0.2) is 24.3 Å². The second kappa shape index (κ2) is 6.30. The van der Waals surface area contributed by atoms with Crippen LogP contribution in [-0.4, -0.2) is 26.3 Å². The van der Waals surface area contributed by atoms with Crippen LogP contribution in [0.25, 0.3) is 0 Å². The van der Waals surface area contributed by atoms with E-state index in [-0.39, 0.29) is 0 Å². The third-order valence-electron chi connectivity index (χ3n) is 2.33. The van der Waals surface area contributed by atoms with E-state index in [2.05, 4.69) is 17.9 Å². The third-order valence-corrected chi connectivity index (χ3v) is 2.33. The molecule has 0 aliphatic heterocycles. The summed E-state index contributed by atoms with van der Waals surface area (Å²) in [5.74, 6) is 0. The summed E-state index contributed by atoms with van der Waals surface area (Å²) in [5, 5.41) is 0. The minimum Gasteiger partial charge on any atom is -0.399 e. The van der Waals surface area contributed by atoms with Crippen LogP contribution in [0.1, 0.15) is 13.8 Å². The minimum absolute atomic E-state index is 0.763. The average Bonchev–Trinajstić information content (AvgIpc) is 2.24. The summed E-state index contributed by atoms with van der Waals surface area (Å²) in [6, 6.07) is 7.95. The van der Waals surface area contributed by atoms with Gasteiger partial charge in [-0.2, -0.15) is 0 Å². The van der Waals surface area contributed by atoms with Crippen molar-refractivity contribution in [3.63, 3.8) is 0 Å². The van der Waals surface area contributed by atoms with Gasteiger partial charge in [0, 0.05) is 31.1 Å². The highest BCUT2D eigenvalue weighted by atomic mass is 16.5. The van der Waals surface area contributed by atoms with Crippen molar-refractivity contribution >= 4 is 11.4 Å². The Morgan fingerprint density at radius 2 is 2.13 bits per heavy atom. The number of anilines is 2. The van der Waals surface area contributed by atoms with Crippen molar-refractivity contribution in [2.75, 3.05) is 36.9 Å². The first-order valence-corrected chi connectivity index (χ1v) is 5.46. The van der Waals surface area contributed by atoms with Gasteiger partial charge in [-0.1, -0.05) is 6.07 Å². The van der Waals surface area contributed by atoms with Crippen molar-refractivity contribution in [3.05, 3.63) is 24.3 Å². The number of rotatable bonds is 6. The molecule has 2 N–H and O–H groups in total. The standard InChI is InChI=1S/C12H20N2O/c1-3-14(8-9-15-4-2)12-7-5-6-11(13)10-12/h5-7,10H,3-4,8-9,13H2,1-2H3. The van der Waals surface area contributed by atoms with Crippen LogP contribution in [0.5, 0.6) is 0 Å². The summed E-state index contributed by atoms with van der Waals surface area (Å²) in [4.78, 5) is 2.26. The number of nitrogens with zero attached hydrogens (tertiary/aromatic N) is 1. The van der Waals surface area contributed by atoms with Crippen molar-refractivity contribution < 1.29 is 4.74 Å². The molecule has 15 heavy (non-hydrogen) atoms. The smallest absolute Gasteiger partial charge is 0.0641 e. The lowest BCUT2D eigenvalue weighted by Crippen LogP contribution is -2.27. The van der Waals surface area contributed by atoms with E-state index in [0.29, 0.717) is 0 Å². The number of nitrogens with two attached hydrogens (primary N) is 1. The summed E-state index contributed by atoms with van der Waals surface area (Å²) in [5.41, 5.74) is 7.72. The fourth-order valence-electron chi connectivity index (χ4n) is 1.51. The van der Waals surface area contributed by atoms with E-state index in [1.54, 1.807) is 0 Å². The fraction of sp³-hybridized carbons (Fsp3) is 0.500. The first-order valence-electron chi connectivity index (χ1n) is 5.46. The van der Waals surface area contributed by atoms with Gasteiger partial charge in [-0.25, -0.2) is 0 Å². The molecule has 1 aromatic rings. The Kier molecular flexibility index (Phi) is 4.98. The van der Waals surface area contributed by atoms with Gasteiger partial charge in [-0.05, 0) is 32.0 Å². The van der Waals surface area contributed by atoms with Crippen molar-refractivity contribution in [2.24, 2.45) is 0 Å². The summed E-state index contributed by atoms with van der Waals surface area (Å²) in [6.07, 6.45) is 0. The molecule has 84 valence electrons. The predicted molar refractivity (Wildman–Crippen MR) is 65.2 cm³/mol. The first kappa shape index (κ1) is 11.9. The summed E-state index contributed by atoms with van der Waals surface area (Å²) < 4.78 is 5.34. The number of hydrogen-bond acceptors (Lipinski definition) is 3. The van der Waals surface area contributed by atoms with Crippen LogP contribution < -0.4 is 10.6 Å². The van der Waals surface area contributed by atoms with Gasteiger partial charge in [0.15, 0.2) is 0 Å². The van der Waals surface area contributed by atoms with Gasteiger partial charge < -0.3 is 15.4 Å². The minimum atomic E-state index is 0.763. The second-order valence-corrected chi connectivity index (χ2v) is 3.37. The van der Waals surface area contributed by atoms with Crippen LogP contribution in [0.4, 0.5) is 11.4 Å². The molecule has 0 amide bonds. The Bertz CT molecular complexity index is 289. The molecule has 0 saturated heterocycles. The zero-order valence-electron chi connectivity index (χ0n) is 9.57. The molecule has 0 heterocycles. The molecule has 0 unspecified atom stereocenters. The Hall–Kier alpha value is -1.22. The van der Waals surface area contributed by atoms with Crippen molar-refractivity contribution in [3.8, 4) is 0 Å². The molecule has 0 aromatic heterocycles. The molecule has 0 atom stereocenters. The van der Waals surface area contributed by atoms with Crippen LogP contribution in [0.2, 0.25) is 0 Å². The molecule has 1 aromatic carbocycles. The highest BCUT2D eigenvalue weighted by molar-refractivity contribution is 5.55. The molecule has 0 spiro atoms. The van der Waals surface area contributed by atoms with E-state index in [9.17, 15) is 0 Å². The monoisotopic (exact) mass is 208 g/mol. The molecule has 0 aliphatic carbocycles. The van der Waals surface area contributed by atoms with Gasteiger partial charge in [0.05, 0.1) is 6.61 Å². The Balaban J connectivity index is 2.57. The zero-order valence-corrected chi connectivity index (χ0v) is 9.57. The van der Waals surface area contributed by atoms with Crippen LogP contribution in [0, 0.1) is 0 Å². The van der Waals surface area contributed by atoms with E-state index in [1.165, 1.54) is 0 Å². The summed E-state index contributed by atoms with van der Waals surface area (Å²) in [6.45, 7) is 7.56. The molecule has 0 fully saturated rings. The van der Waals surface area contributed by atoms with Crippen molar-refractivity contribution in [1.82, 2.24) is 0 Å². The number of hydrogen-bond donors (Lipinski definition) is 1. The van der Waals surface area contributed by atoms with Gasteiger partial charge in [-0.3, -0.25) is 0 Å². The summed E-state index contributed by atoms with van der Waals surface area (Å²) in [7, 11) is 0. The van der Waals surface area contributed by atoms with E-state index >= 15 is 0 Å². The Labute approximate surface area is 91.8 Å². The number of benzene rings is 1. The number of likely N-dealkylation sites (N-methyl/N-ethyl adjacent to an activating group) is 1. The Morgan fingerprint density at radius 1 is 1.33 bits per heavy atom. The molecule has 0 bridgehead atoms. The highest BCUT2D eigenvalue weighted by Crippen LogP contribution is 2.16. The second-order valence-electron chi connectivity index (χ2n) is 3.37. The van der Waals surface area contributed by atoms with Gasteiger partial charge in [0.25, 0.3) is 0 Å². The van der Waals surface area contributed by atoms with Crippen molar-refractivity contribution in [2.45, 2.75) is 13.8 Å². The lowest BCUT2D eigenvalue weighted by molar-refractivity contribution is 0.154. The van der Waals surface area contributed by atoms with Crippen LogP contribution in [0.3, 0.4) is 0 Å². The molecule has 1 rings (SSSR count). The van der Waals surface area contributed by atoms with Gasteiger partial charge in [0.2, 0.25) is 0 Å². The van der Waals surface area contributed by atoms with E-state index in [4.69, 9.17) is 10.5 Å². The molecule has 0 aliphatic rings. The molecular weight excluding hydrogens is 188 g/mol. The molecular formula is C12H20N2O. The van der Waals surface area contributed by atoms with E-state index in [0.717, 1.165) is 37.7 Å².